The van der Waals surface area contributed by atoms with E-state index in [0.717, 1.165) is 48.2 Å². The summed E-state index contributed by atoms with van der Waals surface area (Å²) in [4.78, 5) is 88.1. The van der Waals surface area contributed by atoms with Crippen molar-refractivity contribution < 1.29 is 80.5 Å². The number of nitrogens with zero attached hydrogens (tertiary/aromatic N) is 4. The summed E-state index contributed by atoms with van der Waals surface area (Å²) in [5, 5.41) is 26.4. The molecule has 1 saturated heterocycles. The van der Waals surface area contributed by atoms with Gasteiger partial charge in [-0.15, -0.1) is 0 Å². The van der Waals surface area contributed by atoms with Gasteiger partial charge in [0.25, 0.3) is 0 Å². The zero-order valence-electron chi connectivity index (χ0n) is 36.7. The summed E-state index contributed by atoms with van der Waals surface area (Å²) < 4.78 is 62.4. The number of thioether (sulfide) groups is 1. The van der Waals surface area contributed by atoms with Crippen LogP contribution < -0.4 is 16.4 Å². The number of carbonyl (C=O) groups is 3. The molecule has 1 aliphatic heterocycles. The molecule has 7 unspecified atom stereocenters. The van der Waals surface area contributed by atoms with Crippen LogP contribution in [0.4, 0.5) is 5.82 Å². The van der Waals surface area contributed by atoms with Crippen LogP contribution in [0.2, 0.25) is 0 Å². The molecule has 10 N–H and O–H groups in total. The van der Waals surface area contributed by atoms with Gasteiger partial charge in [0.05, 0.1) is 19.5 Å². The van der Waals surface area contributed by atoms with Crippen LogP contribution in [0.15, 0.2) is 24.8 Å². The van der Waals surface area contributed by atoms with Crippen molar-refractivity contribution in [2.24, 2.45) is 5.41 Å². The zero-order chi connectivity index (χ0) is 48.3. The van der Waals surface area contributed by atoms with Gasteiger partial charge in [-0.1, -0.05) is 103 Å². The molecule has 0 aliphatic carbocycles. The molecule has 7 atom stereocenters. The molecule has 2 amide bonds. The third-order valence-corrected chi connectivity index (χ3v) is 13.9. The molecule has 2 aromatic heterocycles. The molecule has 3 rings (SSSR count). The average Bonchev–Trinajstić information content (AvgIpc) is 3.79. The largest absolute Gasteiger partial charge is 0.481 e. The Morgan fingerprint density at radius 3 is 2.22 bits per heavy atom. The predicted molar refractivity (Wildman–Crippen MR) is 237 cm³/mol. The second-order valence-electron chi connectivity index (χ2n) is 16.0. The highest BCUT2D eigenvalue weighted by Gasteiger charge is 2.50. The summed E-state index contributed by atoms with van der Waals surface area (Å²) in [6, 6.07) is 0. The van der Waals surface area contributed by atoms with Crippen LogP contribution in [0.5, 0.6) is 0 Å². The van der Waals surface area contributed by atoms with Crippen molar-refractivity contribution in [2.75, 3.05) is 37.8 Å². The van der Waals surface area contributed by atoms with E-state index in [4.69, 9.17) is 19.5 Å². The topological polar surface area (TPSA) is 364 Å². The Bertz CT molecular complexity index is 2010. The van der Waals surface area contributed by atoms with E-state index in [9.17, 15) is 57.9 Å². The fraction of sp³-hybridized carbons (Fsp3) is 0.730. The van der Waals surface area contributed by atoms with Gasteiger partial charge >= 0.3 is 23.5 Å². The van der Waals surface area contributed by atoms with Crippen molar-refractivity contribution in [1.82, 2.24) is 30.2 Å². The summed E-state index contributed by atoms with van der Waals surface area (Å²) >= 11 is 1.07. The minimum Gasteiger partial charge on any atom is -0.386 e. The van der Waals surface area contributed by atoms with Crippen molar-refractivity contribution in [2.45, 2.75) is 135 Å². The first kappa shape index (κ1) is 56.6. The number of imidazole rings is 1. The van der Waals surface area contributed by atoms with E-state index in [2.05, 4.69) is 41.3 Å². The molecule has 370 valence electrons. The number of allylic oxidation sites excluding steroid dienone is 1. The van der Waals surface area contributed by atoms with Gasteiger partial charge in [-0.25, -0.2) is 28.6 Å². The molecule has 2 aromatic rings. The lowest BCUT2D eigenvalue weighted by Gasteiger charge is -2.30. The van der Waals surface area contributed by atoms with Gasteiger partial charge < -0.3 is 50.9 Å². The number of rotatable bonds is 32. The van der Waals surface area contributed by atoms with Crippen molar-refractivity contribution in [3.8, 4) is 0 Å². The van der Waals surface area contributed by atoms with Gasteiger partial charge in [0, 0.05) is 30.7 Å². The van der Waals surface area contributed by atoms with Crippen LogP contribution in [0, 0.1) is 5.41 Å². The van der Waals surface area contributed by atoms with Gasteiger partial charge in [0.2, 0.25) is 16.9 Å². The lowest BCUT2D eigenvalue weighted by molar-refractivity contribution is -0.137. The number of hydrogen-bond donors (Lipinski definition) is 9. The Labute approximate surface area is 381 Å². The van der Waals surface area contributed by atoms with Crippen molar-refractivity contribution in [3.63, 3.8) is 0 Å². The van der Waals surface area contributed by atoms with E-state index >= 15 is 0 Å². The number of aliphatic hydroxyl groups excluding tert-OH is 2. The maximum atomic E-state index is 12.7. The van der Waals surface area contributed by atoms with Gasteiger partial charge in [-0.2, -0.15) is 4.31 Å². The maximum absolute atomic E-state index is 12.7. The molecular formula is C37H64N7O17P3S. The number of nitrogens with two attached hydrogens (primary N) is 1. The van der Waals surface area contributed by atoms with E-state index in [1.165, 1.54) is 71.6 Å². The molecule has 1 aliphatic rings. The minimum atomic E-state index is -5.58. The van der Waals surface area contributed by atoms with Crippen molar-refractivity contribution in [1.29, 1.82) is 0 Å². The van der Waals surface area contributed by atoms with Crippen LogP contribution in [0.1, 0.15) is 110 Å². The molecule has 0 bridgehead atoms. The first-order valence-electron chi connectivity index (χ1n) is 21.3. The average molecular weight is 1000 g/mol. The second-order valence-corrected chi connectivity index (χ2v) is 21.3. The van der Waals surface area contributed by atoms with E-state index in [1.807, 2.05) is 6.08 Å². The fourth-order valence-electron chi connectivity index (χ4n) is 6.44. The molecule has 28 heteroatoms. The zero-order valence-corrected chi connectivity index (χ0v) is 40.2. The molecule has 0 aromatic carbocycles. The lowest BCUT2D eigenvalue weighted by atomic mass is 9.87. The normalized spacial score (nSPS) is 20.4. The third-order valence-electron chi connectivity index (χ3n) is 9.97. The number of nitrogens with one attached hydrogen (secondary N) is 2. The molecule has 0 spiro atoms. The number of aliphatic hydroxyl groups is 2. The quantitative estimate of drug-likeness (QED) is 0.0285. The first-order chi connectivity index (χ1) is 30.6. The molecule has 0 saturated carbocycles. The van der Waals surface area contributed by atoms with Gasteiger partial charge in [0.15, 0.2) is 17.7 Å². The number of fused-ring (bicyclic) bond motifs is 1. The van der Waals surface area contributed by atoms with Crippen molar-refractivity contribution in [3.05, 3.63) is 24.8 Å². The molecule has 3 heterocycles. The summed E-state index contributed by atoms with van der Waals surface area (Å²) in [6.45, 7) is 2.74. The number of amides is 2. The Kier molecular flexibility index (Phi) is 23.8. The van der Waals surface area contributed by atoms with Gasteiger partial charge in [-0.3, -0.25) is 32.5 Å². The van der Waals surface area contributed by atoms with E-state index < -0.39 is 84.6 Å². The number of ether oxygens (including phenoxy) is 1. The molecule has 0 radical (unpaired) electrons. The SMILES string of the molecule is CCCCCCCCCCCCC/C=C/C(=O)SCCNC(=O)CCNC(=O)C(O)C(C)(C)COP(=O)(O)OP(=O)(O)OCC1OC(n2cnc3c(N)ncnc32)C(O)C1OP(=O)(O)O. The van der Waals surface area contributed by atoms with Crippen LogP contribution in [0.25, 0.3) is 11.2 Å². The van der Waals surface area contributed by atoms with Gasteiger partial charge in [0.1, 0.15) is 36.3 Å². The monoisotopic (exact) mass is 1000 g/mol. The van der Waals surface area contributed by atoms with Crippen LogP contribution in [-0.4, -0.2) is 123 Å². The Hall–Kier alpha value is -2.70. The number of nitrogen functional groups attached to an aromatic ring is 1. The number of anilines is 1. The van der Waals surface area contributed by atoms with E-state index in [0.29, 0.717) is 5.75 Å². The lowest BCUT2D eigenvalue weighted by Crippen LogP contribution is -2.46. The third kappa shape index (κ3) is 20.6. The maximum Gasteiger partial charge on any atom is 0.481 e. The van der Waals surface area contributed by atoms with Gasteiger partial charge in [-0.05, 0) is 18.9 Å². The summed E-state index contributed by atoms with van der Waals surface area (Å²) in [6.07, 6.45) is 11.1. The highest BCUT2D eigenvalue weighted by atomic mass is 32.2. The van der Waals surface area contributed by atoms with Crippen LogP contribution in [-0.2, 0) is 50.7 Å². The Morgan fingerprint density at radius 2 is 1.57 bits per heavy atom. The number of phosphoric acid groups is 3. The molecular weight excluding hydrogens is 939 g/mol. The smallest absolute Gasteiger partial charge is 0.386 e. The summed E-state index contributed by atoms with van der Waals surface area (Å²) in [7, 11) is -16.4. The summed E-state index contributed by atoms with van der Waals surface area (Å²) in [5.74, 6) is -1.10. The number of phosphoric ester groups is 3. The summed E-state index contributed by atoms with van der Waals surface area (Å²) in [5.41, 5.74) is 4.28. The second kappa shape index (κ2) is 27.3. The number of carbonyl (C=O) groups excluding carboxylic acids is 3. The number of aromatic nitrogens is 4. The standard InChI is InChI=1S/C37H64N7O17P3S/c1-4-5-6-7-8-9-10-11-12-13-14-15-16-17-28(46)65-21-20-39-27(45)18-19-40-35(49)32(48)37(2,3)23-58-64(55,56)61-63(53,54)57-22-26-31(60-62(50,51)52)30(47)36(59-26)44-25-43-29-33(38)41-24-42-34(29)44/h16-17,24-26,30-32,36,47-48H,4-15,18-23H2,1-3H3,(H,39,45)(H,40,49)(H,53,54)(H,55,56)(H2,38,41,42)(H2,50,51,52)/b17-16+. The predicted octanol–water partition coefficient (Wildman–Crippen LogP) is 3.92. The highest BCUT2D eigenvalue weighted by Crippen LogP contribution is 2.61. The highest BCUT2D eigenvalue weighted by molar-refractivity contribution is 8.14. The van der Waals surface area contributed by atoms with Crippen molar-refractivity contribution >= 4 is 69.1 Å². The minimum absolute atomic E-state index is 0.0322. The Balaban J connectivity index is 1.34. The molecule has 24 nitrogen and oxygen atoms in total. The first-order valence-corrected chi connectivity index (χ1v) is 26.8. The van der Waals surface area contributed by atoms with Crippen LogP contribution >= 0.6 is 35.2 Å². The molecule has 65 heavy (non-hydrogen) atoms. The Morgan fingerprint density at radius 1 is 0.938 bits per heavy atom. The van der Waals surface area contributed by atoms with E-state index in [-0.39, 0.29) is 41.6 Å². The molecule has 1 fully saturated rings. The van der Waals surface area contributed by atoms with E-state index in [1.54, 1.807) is 6.08 Å². The number of unbranched alkanes of at least 4 members (excludes halogenated alkanes) is 11. The van der Waals surface area contributed by atoms with Crippen LogP contribution in [0.3, 0.4) is 0 Å². The fourth-order valence-corrected chi connectivity index (χ4v) is 9.86. The number of hydrogen-bond acceptors (Lipinski definition) is 18.